The smallest absolute Gasteiger partial charge is 0.185 e. The minimum Gasteiger partial charge on any atom is -0.494 e. The first-order valence-corrected chi connectivity index (χ1v) is 7.32. The van der Waals surface area contributed by atoms with E-state index < -0.39 is 5.82 Å². The van der Waals surface area contributed by atoms with Crippen LogP contribution < -0.4 is 9.47 Å². The summed E-state index contributed by atoms with van der Waals surface area (Å²) in [6.45, 7) is 3.92. The van der Waals surface area contributed by atoms with E-state index in [1.807, 2.05) is 38.1 Å². The van der Waals surface area contributed by atoms with Gasteiger partial charge in [-0.1, -0.05) is 18.2 Å². The largest absolute Gasteiger partial charge is 0.494 e. The van der Waals surface area contributed by atoms with Gasteiger partial charge in [-0.15, -0.1) is 0 Å². The number of carbonyl (C=O) groups excluding carboxylic acids is 1. The normalized spacial score (nSPS) is 11.0. The first-order chi connectivity index (χ1) is 11.0. The van der Waals surface area contributed by atoms with E-state index in [2.05, 4.69) is 0 Å². The molecule has 120 valence electrons. The van der Waals surface area contributed by atoms with Crippen LogP contribution >= 0.6 is 0 Å². The van der Waals surface area contributed by atoms with E-state index in [4.69, 9.17) is 9.47 Å². The monoisotopic (exact) mass is 314 g/mol. The molecular weight excluding hydrogens is 295 g/mol. The van der Waals surface area contributed by atoms with Gasteiger partial charge in [0, 0.05) is 5.56 Å². The van der Waals surface area contributed by atoms with Crippen molar-refractivity contribution in [2.24, 2.45) is 0 Å². The van der Waals surface area contributed by atoms with Crippen LogP contribution in [0, 0.1) is 5.82 Å². The fraction of sp³-hybridized carbons (Fsp3) is 0.211. The van der Waals surface area contributed by atoms with Crippen LogP contribution in [0.2, 0.25) is 0 Å². The number of methoxy groups -OCH3 is 1. The number of hydrogen-bond donors (Lipinski definition) is 0. The van der Waals surface area contributed by atoms with E-state index >= 15 is 0 Å². The van der Waals surface area contributed by atoms with Crippen LogP contribution in [0.25, 0.3) is 6.08 Å². The van der Waals surface area contributed by atoms with Crippen molar-refractivity contribution in [1.29, 1.82) is 0 Å². The van der Waals surface area contributed by atoms with Crippen LogP contribution in [0.4, 0.5) is 4.39 Å². The van der Waals surface area contributed by atoms with Crippen molar-refractivity contribution in [1.82, 2.24) is 0 Å². The summed E-state index contributed by atoms with van der Waals surface area (Å²) in [7, 11) is 1.38. The van der Waals surface area contributed by atoms with Gasteiger partial charge in [-0.2, -0.15) is 0 Å². The van der Waals surface area contributed by atoms with Crippen LogP contribution in [0.5, 0.6) is 11.5 Å². The molecule has 0 aliphatic carbocycles. The third kappa shape index (κ3) is 4.68. The molecule has 2 aromatic carbocycles. The predicted octanol–water partition coefficient (Wildman–Crippen LogP) is 4.52. The quantitative estimate of drug-likeness (QED) is 0.581. The summed E-state index contributed by atoms with van der Waals surface area (Å²) in [5.41, 5.74) is 1.14. The van der Waals surface area contributed by atoms with Crippen molar-refractivity contribution in [3.8, 4) is 11.5 Å². The number of ether oxygens (including phenoxy) is 2. The molecule has 0 atom stereocenters. The van der Waals surface area contributed by atoms with Crippen molar-refractivity contribution >= 4 is 11.9 Å². The molecule has 0 aliphatic rings. The molecule has 0 aromatic heterocycles. The summed E-state index contributed by atoms with van der Waals surface area (Å²) in [5, 5.41) is 0. The SMILES string of the molecule is COc1ccc(C(=O)/C=C/c2ccc(OC(C)C)cc2)cc1F. The van der Waals surface area contributed by atoms with Crippen molar-refractivity contribution in [3.05, 3.63) is 65.5 Å². The summed E-state index contributed by atoms with van der Waals surface area (Å²) >= 11 is 0. The number of rotatable bonds is 6. The Hall–Kier alpha value is -2.62. The average molecular weight is 314 g/mol. The minimum absolute atomic E-state index is 0.114. The Morgan fingerprint density at radius 1 is 1.13 bits per heavy atom. The molecule has 0 N–H and O–H groups in total. The standard InChI is InChI=1S/C19H19FO3/c1-13(2)23-16-8-4-14(5-9-16)6-10-18(21)15-7-11-19(22-3)17(20)12-15/h4-13H,1-3H3/b10-6+. The maximum absolute atomic E-state index is 13.6. The zero-order valence-corrected chi connectivity index (χ0v) is 13.4. The Morgan fingerprint density at radius 2 is 1.83 bits per heavy atom. The van der Waals surface area contributed by atoms with Crippen LogP contribution in [-0.2, 0) is 0 Å². The number of halogens is 1. The maximum Gasteiger partial charge on any atom is 0.185 e. The summed E-state index contributed by atoms with van der Waals surface area (Å²) in [5.74, 6) is 0.0722. The highest BCUT2D eigenvalue weighted by Crippen LogP contribution is 2.19. The van der Waals surface area contributed by atoms with E-state index in [9.17, 15) is 9.18 Å². The molecule has 0 bridgehead atoms. The molecule has 0 saturated heterocycles. The highest BCUT2D eigenvalue weighted by Gasteiger charge is 2.07. The molecule has 3 nitrogen and oxygen atoms in total. The number of ketones is 1. The molecule has 0 unspecified atom stereocenters. The molecule has 4 heteroatoms. The Bertz CT molecular complexity index is 703. The zero-order chi connectivity index (χ0) is 16.8. The lowest BCUT2D eigenvalue weighted by Crippen LogP contribution is -2.05. The molecule has 2 aromatic rings. The van der Waals surface area contributed by atoms with Crippen molar-refractivity contribution < 1.29 is 18.7 Å². The molecule has 0 radical (unpaired) electrons. The molecule has 0 amide bonds. The second kappa shape index (κ2) is 7.58. The van der Waals surface area contributed by atoms with E-state index in [1.54, 1.807) is 6.08 Å². The number of hydrogen-bond acceptors (Lipinski definition) is 3. The first kappa shape index (κ1) is 16.7. The average Bonchev–Trinajstić information content (AvgIpc) is 2.53. The third-order valence-electron chi connectivity index (χ3n) is 3.12. The molecule has 0 heterocycles. The molecule has 23 heavy (non-hydrogen) atoms. The molecule has 0 saturated carbocycles. The van der Waals surface area contributed by atoms with Gasteiger partial charge in [0.15, 0.2) is 17.3 Å². The Balaban J connectivity index is 2.07. The number of benzene rings is 2. The highest BCUT2D eigenvalue weighted by atomic mass is 19.1. The molecule has 2 rings (SSSR count). The zero-order valence-electron chi connectivity index (χ0n) is 13.4. The van der Waals surface area contributed by atoms with Gasteiger partial charge in [-0.05, 0) is 55.8 Å². The first-order valence-electron chi connectivity index (χ1n) is 7.32. The van der Waals surface area contributed by atoms with Gasteiger partial charge in [0.05, 0.1) is 13.2 Å². The molecule has 0 aliphatic heterocycles. The Morgan fingerprint density at radius 3 is 2.39 bits per heavy atom. The summed E-state index contributed by atoms with van der Waals surface area (Å²) < 4.78 is 24.0. The van der Waals surface area contributed by atoms with Gasteiger partial charge in [0.25, 0.3) is 0 Å². The fourth-order valence-corrected chi connectivity index (χ4v) is 2.02. The predicted molar refractivity (Wildman–Crippen MR) is 88.5 cm³/mol. The lowest BCUT2D eigenvalue weighted by molar-refractivity contribution is 0.104. The van der Waals surface area contributed by atoms with Crippen LogP contribution in [0.3, 0.4) is 0 Å². The minimum atomic E-state index is -0.554. The van der Waals surface area contributed by atoms with E-state index in [0.29, 0.717) is 0 Å². The lowest BCUT2D eigenvalue weighted by Gasteiger charge is -2.09. The lowest BCUT2D eigenvalue weighted by atomic mass is 10.1. The highest BCUT2D eigenvalue weighted by molar-refractivity contribution is 6.06. The Labute approximate surface area is 135 Å². The second-order valence-electron chi connectivity index (χ2n) is 5.28. The van der Waals surface area contributed by atoms with Crippen LogP contribution in [0.15, 0.2) is 48.5 Å². The van der Waals surface area contributed by atoms with Crippen molar-refractivity contribution in [3.63, 3.8) is 0 Å². The number of carbonyl (C=O) groups is 1. The maximum atomic E-state index is 13.6. The van der Waals surface area contributed by atoms with E-state index in [-0.39, 0.29) is 23.2 Å². The van der Waals surface area contributed by atoms with Gasteiger partial charge in [0.1, 0.15) is 5.75 Å². The second-order valence-corrected chi connectivity index (χ2v) is 5.28. The summed E-state index contributed by atoms with van der Waals surface area (Å²) in [6.07, 6.45) is 3.21. The number of allylic oxidation sites excluding steroid dienone is 1. The fourth-order valence-electron chi connectivity index (χ4n) is 2.02. The van der Waals surface area contributed by atoms with Gasteiger partial charge in [-0.25, -0.2) is 4.39 Å². The van der Waals surface area contributed by atoms with Crippen molar-refractivity contribution in [2.75, 3.05) is 7.11 Å². The van der Waals surface area contributed by atoms with Gasteiger partial charge >= 0.3 is 0 Å². The van der Waals surface area contributed by atoms with Crippen LogP contribution in [0.1, 0.15) is 29.8 Å². The van der Waals surface area contributed by atoms with Gasteiger partial charge in [0.2, 0.25) is 0 Å². The molecule has 0 spiro atoms. The van der Waals surface area contributed by atoms with Gasteiger partial charge in [-0.3, -0.25) is 4.79 Å². The summed E-state index contributed by atoms with van der Waals surface area (Å²) in [4.78, 5) is 12.1. The van der Waals surface area contributed by atoms with Crippen molar-refractivity contribution in [2.45, 2.75) is 20.0 Å². The third-order valence-corrected chi connectivity index (χ3v) is 3.12. The van der Waals surface area contributed by atoms with Crippen LogP contribution in [-0.4, -0.2) is 19.0 Å². The van der Waals surface area contributed by atoms with E-state index in [1.165, 1.54) is 31.4 Å². The molecule has 0 fully saturated rings. The van der Waals surface area contributed by atoms with E-state index in [0.717, 1.165) is 11.3 Å². The topological polar surface area (TPSA) is 35.5 Å². The molecular formula is C19H19FO3. The van der Waals surface area contributed by atoms with Gasteiger partial charge < -0.3 is 9.47 Å². The Kier molecular flexibility index (Phi) is 5.52. The summed E-state index contributed by atoms with van der Waals surface area (Å²) in [6, 6.07) is 11.5.